The summed E-state index contributed by atoms with van der Waals surface area (Å²) in [6.07, 6.45) is 0. The zero-order valence-corrected chi connectivity index (χ0v) is 15.8. The Hall–Kier alpha value is -2.89. The van der Waals surface area contributed by atoms with Crippen LogP contribution < -0.4 is 5.69 Å². The third-order valence-electron chi connectivity index (χ3n) is 3.33. The van der Waals surface area contributed by atoms with Gasteiger partial charge in [-0.05, 0) is 24.3 Å². The van der Waals surface area contributed by atoms with Crippen LogP contribution in [-0.4, -0.2) is 24.5 Å². The van der Waals surface area contributed by atoms with Crippen LogP contribution in [0.3, 0.4) is 0 Å². The first kappa shape index (κ1) is 23.1. The Morgan fingerprint density at radius 3 is 1.96 bits per heavy atom. The molecule has 2 heterocycles. The van der Waals surface area contributed by atoms with Gasteiger partial charge in [0.15, 0.2) is 0 Å². The molecule has 0 bridgehead atoms. The van der Waals surface area contributed by atoms with Crippen molar-refractivity contribution in [3.8, 4) is 0 Å². The summed E-state index contributed by atoms with van der Waals surface area (Å²) in [5.41, 5.74) is 3.79. The molecule has 0 saturated heterocycles. The van der Waals surface area contributed by atoms with Crippen molar-refractivity contribution in [3.63, 3.8) is 0 Å². The lowest BCUT2D eigenvalue weighted by Crippen LogP contribution is -2.11. The van der Waals surface area contributed by atoms with E-state index in [2.05, 4.69) is 15.3 Å². The Morgan fingerprint density at radius 2 is 1.38 bits per heavy atom. The van der Waals surface area contributed by atoms with Crippen molar-refractivity contribution in [2.45, 2.75) is 35.1 Å². The molecule has 0 unspecified atom stereocenters. The van der Waals surface area contributed by atoms with Gasteiger partial charge in [0, 0.05) is 14.1 Å². The number of nitrogens with zero attached hydrogens (tertiary/aromatic N) is 4. The van der Waals surface area contributed by atoms with Gasteiger partial charge in [-0.3, -0.25) is 4.57 Å². The Balaban J connectivity index is 0.000000393. The molecule has 26 heavy (non-hydrogen) atoms. The van der Waals surface area contributed by atoms with Gasteiger partial charge < -0.3 is 4.98 Å². The van der Waals surface area contributed by atoms with Gasteiger partial charge in [-0.15, -0.1) is 5.10 Å². The molecule has 0 aliphatic carbocycles. The van der Waals surface area contributed by atoms with Gasteiger partial charge in [-0.2, -0.15) is 0 Å². The predicted octanol–water partition coefficient (Wildman–Crippen LogP) is 4.52. The summed E-state index contributed by atoms with van der Waals surface area (Å²) in [7, 11) is 3.64. The first-order valence-corrected chi connectivity index (χ1v) is 8.55. The molecule has 6 nitrogen and oxygen atoms in total. The van der Waals surface area contributed by atoms with Gasteiger partial charge in [0.25, 0.3) is 0 Å². The van der Waals surface area contributed by atoms with Crippen LogP contribution in [0.1, 0.15) is 35.1 Å². The SMILES string of the molecule is C.CC.CC.Cn1c(=O)[nH]c2ccccc21.Cn1nnc2ccccc21. The molecule has 2 aromatic carbocycles. The number of nitrogens with one attached hydrogen (secondary N) is 1. The van der Waals surface area contributed by atoms with Gasteiger partial charge in [0.2, 0.25) is 0 Å². The van der Waals surface area contributed by atoms with Gasteiger partial charge in [-0.1, -0.05) is 64.6 Å². The van der Waals surface area contributed by atoms with E-state index in [-0.39, 0.29) is 13.1 Å². The second kappa shape index (κ2) is 11.6. The number of fused-ring (bicyclic) bond motifs is 2. The number of H-pyrrole nitrogens is 1. The minimum absolute atomic E-state index is 0. The highest BCUT2D eigenvalue weighted by Crippen LogP contribution is 2.07. The summed E-state index contributed by atoms with van der Waals surface area (Å²) in [6.45, 7) is 8.00. The van der Waals surface area contributed by atoms with Crippen molar-refractivity contribution in [1.29, 1.82) is 0 Å². The highest BCUT2D eigenvalue weighted by molar-refractivity contribution is 5.74. The highest BCUT2D eigenvalue weighted by atomic mass is 16.1. The Morgan fingerprint density at radius 1 is 0.846 bits per heavy atom. The van der Waals surface area contributed by atoms with Crippen molar-refractivity contribution in [3.05, 3.63) is 59.0 Å². The Kier molecular flexibility index (Phi) is 10.3. The number of benzene rings is 2. The van der Waals surface area contributed by atoms with Gasteiger partial charge in [0.05, 0.1) is 16.6 Å². The molecule has 0 aliphatic rings. The molecular formula is C20H31N5O. The lowest BCUT2D eigenvalue weighted by molar-refractivity contribution is 0.736. The van der Waals surface area contributed by atoms with E-state index in [0.717, 1.165) is 22.1 Å². The lowest BCUT2D eigenvalue weighted by Gasteiger charge is -1.89. The summed E-state index contributed by atoms with van der Waals surface area (Å²) in [5.74, 6) is 0. The van der Waals surface area contributed by atoms with Gasteiger partial charge >= 0.3 is 5.69 Å². The standard InChI is InChI=1S/C8H8N2O.C7H7N3.2C2H6.CH4/c1-10-7-5-3-2-4-6(7)9-8(10)11;1-10-7-5-3-2-4-6(7)8-9-10;2*1-2;/h2-5H,1H3,(H,9,11);2-5H,1H3;2*1-2H3;1H4. The van der Waals surface area contributed by atoms with Crippen molar-refractivity contribution < 1.29 is 0 Å². The zero-order valence-electron chi connectivity index (χ0n) is 15.8. The van der Waals surface area contributed by atoms with Crippen molar-refractivity contribution in [2.75, 3.05) is 0 Å². The van der Waals surface area contributed by atoms with E-state index in [9.17, 15) is 4.79 Å². The van der Waals surface area contributed by atoms with Crippen LogP contribution >= 0.6 is 0 Å². The van der Waals surface area contributed by atoms with Crippen LogP contribution in [0.15, 0.2) is 53.3 Å². The minimum atomic E-state index is -0.0637. The van der Waals surface area contributed by atoms with E-state index in [1.54, 1.807) is 16.3 Å². The molecule has 2 aromatic heterocycles. The maximum Gasteiger partial charge on any atom is 0.326 e. The molecule has 142 valence electrons. The fourth-order valence-electron chi connectivity index (χ4n) is 2.17. The van der Waals surface area contributed by atoms with Crippen molar-refractivity contribution >= 4 is 22.1 Å². The number of hydrogen-bond acceptors (Lipinski definition) is 3. The summed E-state index contributed by atoms with van der Waals surface area (Å²) in [4.78, 5) is 13.8. The zero-order chi connectivity index (χ0) is 18.8. The van der Waals surface area contributed by atoms with Crippen LogP contribution in [0.4, 0.5) is 0 Å². The average molecular weight is 358 g/mol. The monoisotopic (exact) mass is 357 g/mol. The second-order valence-electron chi connectivity index (χ2n) is 4.71. The third kappa shape index (κ3) is 5.31. The number of aromatic nitrogens is 5. The minimum Gasteiger partial charge on any atom is -0.306 e. The number of rotatable bonds is 0. The fourth-order valence-corrected chi connectivity index (χ4v) is 2.17. The first-order chi connectivity index (χ1) is 12.2. The van der Waals surface area contributed by atoms with Crippen molar-refractivity contribution in [2.24, 2.45) is 14.1 Å². The number of hydrogen-bond donors (Lipinski definition) is 1. The number of imidazole rings is 1. The fraction of sp³-hybridized carbons (Fsp3) is 0.350. The third-order valence-corrected chi connectivity index (χ3v) is 3.33. The summed E-state index contributed by atoms with van der Waals surface area (Å²) in [5, 5.41) is 7.79. The lowest BCUT2D eigenvalue weighted by atomic mass is 10.3. The Bertz CT molecular complexity index is 949. The van der Waals surface area contributed by atoms with Crippen LogP contribution in [0.25, 0.3) is 22.1 Å². The summed E-state index contributed by atoms with van der Waals surface area (Å²) >= 11 is 0. The predicted molar refractivity (Wildman–Crippen MR) is 111 cm³/mol. The smallest absolute Gasteiger partial charge is 0.306 e. The molecule has 0 aliphatic heterocycles. The molecule has 0 fully saturated rings. The van der Waals surface area contributed by atoms with Crippen LogP contribution in [0.5, 0.6) is 0 Å². The van der Waals surface area contributed by atoms with Crippen LogP contribution in [-0.2, 0) is 14.1 Å². The van der Waals surface area contributed by atoms with Crippen molar-refractivity contribution in [1.82, 2.24) is 24.5 Å². The quantitative estimate of drug-likeness (QED) is 0.503. The molecule has 0 atom stereocenters. The number of aromatic amines is 1. The van der Waals surface area contributed by atoms with E-state index in [1.165, 1.54) is 0 Å². The molecule has 0 radical (unpaired) electrons. The molecule has 4 rings (SSSR count). The number of para-hydroxylation sites is 3. The molecule has 0 saturated carbocycles. The molecule has 1 N–H and O–H groups in total. The normalized spacial score (nSPS) is 9.00. The first-order valence-electron chi connectivity index (χ1n) is 8.55. The summed E-state index contributed by atoms with van der Waals surface area (Å²) in [6, 6.07) is 15.5. The van der Waals surface area contributed by atoms with Crippen LogP contribution in [0, 0.1) is 0 Å². The van der Waals surface area contributed by atoms with E-state index in [4.69, 9.17) is 0 Å². The average Bonchev–Trinajstić information content (AvgIpc) is 3.20. The molecular weight excluding hydrogens is 326 g/mol. The largest absolute Gasteiger partial charge is 0.326 e. The maximum absolute atomic E-state index is 11.0. The number of aryl methyl sites for hydroxylation is 2. The molecule has 0 spiro atoms. The molecule has 0 amide bonds. The maximum atomic E-state index is 11.0. The Labute approximate surface area is 155 Å². The highest BCUT2D eigenvalue weighted by Gasteiger charge is 1.98. The van der Waals surface area contributed by atoms with Crippen LogP contribution in [0.2, 0.25) is 0 Å². The van der Waals surface area contributed by atoms with E-state index in [0.29, 0.717) is 0 Å². The van der Waals surface area contributed by atoms with Gasteiger partial charge in [0.1, 0.15) is 5.52 Å². The van der Waals surface area contributed by atoms with E-state index in [1.807, 2.05) is 83.3 Å². The summed E-state index contributed by atoms with van der Waals surface area (Å²) < 4.78 is 3.35. The van der Waals surface area contributed by atoms with E-state index >= 15 is 0 Å². The topological polar surface area (TPSA) is 68.5 Å². The molecule has 4 aromatic rings. The second-order valence-corrected chi connectivity index (χ2v) is 4.71. The molecule has 6 heteroatoms. The van der Waals surface area contributed by atoms with E-state index < -0.39 is 0 Å². The van der Waals surface area contributed by atoms with Gasteiger partial charge in [-0.25, -0.2) is 9.48 Å².